The van der Waals surface area contributed by atoms with Crippen LogP contribution in [-0.4, -0.2) is 40.6 Å². The number of amides is 1. The molecule has 0 atom stereocenters. The third kappa shape index (κ3) is 4.14. The predicted molar refractivity (Wildman–Crippen MR) is 98.4 cm³/mol. The molecule has 1 amide bonds. The Bertz CT molecular complexity index is 578. The molecular weight excluding hydrogens is 368 g/mol. The Morgan fingerprint density at radius 1 is 1.19 bits per heavy atom. The third-order valence-electron chi connectivity index (χ3n) is 3.27. The van der Waals surface area contributed by atoms with Crippen molar-refractivity contribution in [1.82, 2.24) is 4.90 Å². The van der Waals surface area contributed by atoms with Crippen molar-refractivity contribution in [2.24, 2.45) is 4.99 Å². The third-order valence-corrected chi connectivity index (χ3v) is 5.25. The van der Waals surface area contributed by atoms with Crippen LogP contribution in [0.2, 0.25) is 0 Å². The van der Waals surface area contributed by atoms with Crippen LogP contribution in [0.5, 0.6) is 0 Å². The van der Waals surface area contributed by atoms with Crippen LogP contribution in [-0.2, 0) is 4.79 Å². The number of nitrogens with zero attached hydrogens (tertiary/aromatic N) is 2. The van der Waals surface area contributed by atoms with E-state index >= 15 is 0 Å². The first-order valence-electron chi connectivity index (χ1n) is 6.64. The Morgan fingerprint density at radius 2 is 1.86 bits per heavy atom. The van der Waals surface area contributed by atoms with E-state index in [1.807, 2.05) is 30.0 Å². The van der Waals surface area contributed by atoms with E-state index in [4.69, 9.17) is 0 Å². The lowest BCUT2D eigenvalue weighted by molar-refractivity contribution is -0.113. The molecule has 21 heavy (non-hydrogen) atoms. The van der Waals surface area contributed by atoms with Gasteiger partial charge >= 0.3 is 0 Å². The minimum Gasteiger partial charge on any atom is -0.349 e. The molecule has 0 aromatic heterocycles. The highest BCUT2D eigenvalue weighted by Crippen LogP contribution is 2.31. The van der Waals surface area contributed by atoms with E-state index in [-0.39, 0.29) is 22.9 Å². The zero-order valence-electron chi connectivity index (χ0n) is 11.7. The number of hydrogen-bond acceptors (Lipinski definition) is 4. The first kappa shape index (κ1) is 16.6. The fourth-order valence-corrected chi connectivity index (χ4v) is 3.97. The number of halogens is 1. The zero-order valence-corrected chi connectivity index (χ0v) is 15.1. The van der Waals surface area contributed by atoms with E-state index in [1.165, 1.54) is 17.3 Å². The number of carbonyl (C=O) groups is 1. The fraction of sp³-hybridized carbons (Fsp3) is 0.333. The fourth-order valence-electron chi connectivity index (χ4n) is 2.10. The van der Waals surface area contributed by atoms with E-state index in [1.54, 1.807) is 0 Å². The lowest BCUT2D eigenvalue weighted by Crippen LogP contribution is -2.35. The second-order valence-corrected chi connectivity index (χ2v) is 7.05. The van der Waals surface area contributed by atoms with E-state index in [2.05, 4.69) is 28.9 Å². The predicted octanol–water partition coefficient (Wildman–Crippen LogP) is 3.59. The minimum atomic E-state index is -0.108. The molecule has 6 heteroatoms. The Balaban J connectivity index is 0.00000161. The minimum absolute atomic E-state index is 0. The average Bonchev–Trinajstić information content (AvgIpc) is 2.84. The Morgan fingerprint density at radius 3 is 2.52 bits per heavy atom. The highest BCUT2D eigenvalue weighted by atomic mass is 79.9. The summed E-state index contributed by atoms with van der Waals surface area (Å²) in [6, 6.07) is 8.18. The molecule has 0 spiro atoms. The molecule has 0 aliphatic carbocycles. The number of aliphatic imine (C=N–C) groups is 1. The standard InChI is InChI=1S/C15H16N2OS2.BrH/c1-11-2-4-12(5-3-11)10-13-14(18)16-15(20-13)17-6-8-19-9-7-17;/h2-5,10H,6-9H2,1H3;1H/b13-10-;. The van der Waals surface area contributed by atoms with Gasteiger partial charge < -0.3 is 4.90 Å². The van der Waals surface area contributed by atoms with E-state index in [0.717, 1.165) is 40.2 Å². The molecule has 2 aliphatic heterocycles. The van der Waals surface area contributed by atoms with Gasteiger partial charge in [-0.05, 0) is 30.3 Å². The van der Waals surface area contributed by atoms with Crippen LogP contribution >= 0.6 is 40.5 Å². The van der Waals surface area contributed by atoms with Gasteiger partial charge in [-0.1, -0.05) is 29.8 Å². The summed E-state index contributed by atoms with van der Waals surface area (Å²) in [5.74, 6) is 2.12. The van der Waals surface area contributed by atoms with Gasteiger partial charge in [0.25, 0.3) is 5.91 Å². The molecule has 3 rings (SSSR count). The number of aryl methyl sites for hydroxylation is 1. The summed E-state index contributed by atoms with van der Waals surface area (Å²) in [5, 5.41) is 0.869. The highest BCUT2D eigenvalue weighted by Gasteiger charge is 2.26. The van der Waals surface area contributed by atoms with Gasteiger partial charge in [0.2, 0.25) is 0 Å². The number of thioether (sulfide) groups is 2. The summed E-state index contributed by atoms with van der Waals surface area (Å²) in [5.41, 5.74) is 2.28. The Hall–Kier alpha value is -0.720. The Kier molecular flexibility index (Phi) is 5.96. The van der Waals surface area contributed by atoms with Gasteiger partial charge in [-0.25, -0.2) is 0 Å². The van der Waals surface area contributed by atoms with Gasteiger partial charge in [-0.3, -0.25) is 4.79 Å². The monoisotopic (exact) mass is 384 g/mol. The van der Waals surface area contributed by atoms with E-state index in [9.17, 15) is 4.79 Å². The van der Waals surface area contributed by atoms with Crippen LogP contribution in [0.3, 0.4) is 0 Å². The van der Waals surface area contributed by atoms with Crippen molar-refractivity contribution in [3.05, 3.63) is 40.3 Å². The molecule has 0 saturated carbocycles. The first-order chi connectivity index (χ1) is 9.72. The van der Waals surface area contributed by atoms with Gasteiger partial charge in [0.05, 0.1) is 4.91 Å². The molecule has 1 saturated heterocycles. The first-order valence-corrected chi connectivity index (χ1v) is 8.61. The number of carbonyl (C=O) groups excluding carboxylic acids is 1. The second-order valence-electron chi connectivity index (χ2n) is 4.82. The molecule has 3 nitrogen and oxygen atoms in total. The Labute approximate surface area is 144 Å². The topological polar surface area (TPSA) is 32.7 Å². The van der Waals surface area contributed by atoms with Crippen molar-refractivity contribution in [1.29, 1.82) is 0 Å². The summed E-state index contributed by atoms with van der Waals surface area (Å²) in [4.78, 5) is 19.1. The van der Waals surface area contributed by atoms with Crippen LogP contribution < -0.4 is 0 Å². The van der Waals surface area contributed by atoms with Crippen LogP contribution in [0, 0.1) is 6.92 Å². The SMILES string of the molecule is Br.Cc1ccc(/C=C2\SC(N3CCSCC3)=NC2=O)cc1. The molecule has 2 heterocycles. The summed E-state index contributed by atoms with van der Waals surface area (Å²) in [6.07, 6.45) is 1.93. The molecule has 2 aliphatic rings. The maximum atomic E-state index is 12.0. The van der Waals surface area contributed by atoms with Gasteiger partial charge in [0, 0.05) is 24.6 Å². The van der Waals surface area contributed by atoms with Crippen LogP contribution in [0.15, 0.2) is 34.2 Å². The van der Waals surface area contributed by atoms with Crippen LogP contribution in [0.25, 0.3) is 6.08 Å². The smallest absolute Gasteiger partial charge is 0.286 e. The molecule has 1 aromatic carbocycles. The second kappa shape index (κ2) is 7.51. The number of amidine groups is 1. The van der Waals surface area contributed by atoms with E-state index < -0.39 is 0 Å². The molecule has 1 fully saturated rings. The number of hydrogen-bond donors (Lipinski definition) is 0. The number of benzene rings is 1. The lowest BCUT2D eigenvalue weighted by Gasteiger charge is -2.26. The zero-order chi connectivity index (χ0) is 13.9. The molecular formula is C15H17BrN2OS2. The van der Waals surface area contributed by atoms with Crippen molar-refractivity contribution >= 4 is 57.7 Å². The van der Waals surface area contributed by atoms with Crippen LogP contribution in [0.4, 0.5) is 0 Å². The largest absolute Gasteiger partial charge is 0.349 e. The van der Waals surface area contributed by atoms with Gasteiger partial charge in [-0.15, -0.1) is 17.0 Å². The number of rotatable bonds is 1. The molecule has 0 radical (unpaired) electrons. The van der Waals surface area contributed by atoms with E-state index in [0.29, 0.717) is 0 Å². The molecule has 112 valence electrons. The average molecular weight is 385 g/mol. The molecule has 0 N–H and O–H groups in total. The van der Waals surface area contributed by atoms with Crippen LogP contribution in [0.1, 0.15) is 11.1 Å². The molecule has 1 aromatic rings. The van der Waals surface area contributed by atoms with Crippen molar-refractivity contribution in [2.45, 2.75) is 6.92 Å². The van der Waals surface area contributed by atoms with Gasteiger partial charge in [0.1, 0.15) is 0 Å². The summed E-state index contributed by atoms with van der Waals surface area (Å²) in [6.45, 7) is 4.03. The summed E-state index contributed by atoms with van der Waals surface area (Å²) >= 11 is 3.46. The highest BCUT2D eigenvalue weighted by molar-refractivity contribution is 8.93. The van der Waals surface area contributed by atoms with Crippen molar-refractivity contribution in [2.75, 3.05) is 24.6 Å². The maximum Gasteiger partial charge on any atom is 0.286 e. The quantitative estimate of drug-likeness (QED) is 0.692. The van der Waals surface area contributed by atoms with Crippen molar-refractivity contribution in [3.8, 4) is 0 Å². The molecule has 0 bridgehead atoms. The van der Waals surface area contributed by atoms with Gasteiger partial charge in [-0.2, -0.15) is 16.8 Å². The lowest BCUT2D eigenvalue weighted by atomic mass is 10.1. The van der Waals surface area contributed by atoms with Crippen molar-refractivity contribution in [3.63, 3.8) is 0 Å². The summed E-state index contributed by atoms with van der Waals surface area (Å²) in [7, 11) is 0. The van der Waals surface area contributed by atoms with Crippen molar-refractivity contribution < 1.29 is 4.79 Å². The van der Waals surface area contributed by atoms with Gasteiger partial charge in [0.15, 0.2) is 5.17 Å². The normalized spacial score (nSPS) is 20.4. The molecule has 0 unspecified atom stereocenters. The summed E-state index contributed by atoms with van der Waals surface area (Å²) < 4.78 is 0. The maximum absolute atomic E-state index is 12.0.